The van der Waals surface area contributed by atoms with Gasteiger partial charge in [0.2, 0.25) is 0 Å². The average Bonchev–Trinajstić information content (AvgIpc) is 2.39. The Morgan fingerprint density at radius 2 is 2.00 bits per heavy atom. The van der Waals surface area contributed by atoms with E-state index in [-0.39, 0.29) is 11.3 Å². The number of nitrogens with one attached hydrogen (secondary N) is 1. The van der Waals surface area contributed by atoms with E-state index in [4.69, 9.17) is 5.73 Å². The Morgan fingerprint density at radius 3 is 2.60 bits per heavy atom. The molecule has 0 aliphatic carbocycles. The smallest absolute Gasteiger partial charge is 0.251 e. The van der Waals surface area contributed by atoms with E-state index in [1.54, 1.807) is 6.07 Å². The summed E-state index contributed by atoms with van der Waals surface area (Å²) in [7, 11) is 0. The number of aryl methyl sites for hydroxylation is 1. The summed E-state index contributed by atoms with van der Waals surface area (Å²) in [5, 5.41) is 3.02. The lowest BCUT2D eigenvalue weighted by Gasteiger charge is -2.25. The van der Waals surface area contributed by atoms with Crippen LogP contribution in [0.3, 0.4) is 0 Å². The van der Waals surface area contributed by atoms with Gasteiger partial charge in [-0.3, -0.25) is 4.79 Å². The van der Waals surface area contributed by atoms with Crippen molar-refractivity contribution in [2.45, 2.75) is 53.4 Å². The molecule has 112 valence electrons. The van der Waals surface area contributed by atoms with Gasteiger partial charge in [-0.25, -0.2) is 0 Å². The fourth-order valence-electron chi connectivity index (χ4n) is 2.15. The molecule has 1 rings (SSSR count). The standard InChI is InChI=1S/C17H28N2O/c1-5-6-7-10-17(3,4)12-19-16(20)14-9-8-13(2)15(18)11-14/h8-9,11H,5-7,10,12,18H2,1-4H3,(H,19,20). The fraction of sp³-hybridized carbons (Fsp3) is 0.588. The SMILES string of the molecule is CCCCCC(C)(C)CNC(=O)c1ccc(C)c(N)c1. The molecule has 0 fully saturated rings. The number of unbranched alkanes of at least 4 members (excludes halogenated alkanes) is 2. The van der Waals surface area contributed by atoms with E-state index in [2.05, 4.69) is 26.1 Å². The largest absolute Gasteiger partial charge is 0.398 e. The fourth-order valence-corrected chi connectivity index (χ4v) is 2.15. The first-order valence-corrected chi connectivity index (χ1v) is 7.50. The van der Waals surface area contributed by atoms with Crippen LogP contribution in [0.25, 0.3) is 0 Å². The zero-order chi connectivity index (χ0) is 15.2. The quantitative estimate of drug-likeness (QED) is 0.586. The van der Waals surface area contributed by atoms with Gasteiger partial charge in [-0.15, -0.1) is 0 Å². The number of hydrogen-bond donors (Lipinski definition) is 2. The number of nitrogen functional groups attached to an aromatic ring is 1. The number of amides is 1. The molecule has 0 unspecified atom stereocenters. The molecule has 0 spiro atoms. The van der Waals surface area contributed by atoms with Crippen LogP contribution in [-0.4, -0.2) is 12.5 Å². The topological polar surface area (TPSA) is 55.1 Å². The van der Waals surface area contributed by atoms with Crippen LogP contribution in [0.4, 0.5) is 5.69 Å². The van der Waals surface area contributed by atoms with Gasteiger partial charge in [0, 0.05) is 17.8 Å². The number of rotatable bonds is 7. The Kier molecular flexibility index (Phi) is 6.05. The van der Waals surface area contributed by atoms with Gasteiger partial charge in [-0.05, 0) is 36.5 Å². The highest BCUT2D eigenvalue weighted by molar-refractivity contribution is 5.95. The third kappa shape index (κ3) is 5.24. The van der Waals surface area contributed by atoms with E-state index < -0.39 is 0 Å². The zero-order valence-electron chi connectivity index (χ0n) is 13.3. The van der Waals surface area contributed by atoms with Crippen molar-refractivity contribution < 1.29 is 4.79 Å². The number of nitrogens with two attached hydrogens (primary N) is 1. The lowest BCUT2D eigenvalue weighted by atomic mass is 9.87. The summed E-state index contributed by atoms with van der Waals surface area (Å²) in [5.74, 6) is -0.0414. The molecule has 0 aliphatic rings. The molecule has 0 radical (unpaired) electrons. The monoisotopic (exact) mass is 276 g/mol. The van der Waals surface area contributed by atoms with Crippen LogP contribution in [0, 0.1) is 12.3 Å². The predicted octanol–water partition coefficient (Wildman–Crippen LogP) is 3.91. The summed E-state index contributed by atoms with van der Waals surface area (Å²) in [6, 6.07) is 5.45. The van der Waals surface area contributed by atoms with E-state index >= 15 is 0 Å². The number of hydrogen-bond acceptors (Lipinski definition) is 2. The highest BCUT2D eigenvalue weighted by Gasteiger charge is 2.18. The molecule has 1 aromatic rings. The number of benzene rings is 1. The summed E-state index contributed by atoms with van der Waals surface area (Å²) in [4.78, 5) is 12.1. The molecule has 3 heteroatoms. The molecule has 0 aromatic heterocycles. The minimum Gasteiger partial charge on any atom is -0.398 e. The van der Waals surface area contributed by atoms with Crippen molar-refractivity contribution in [1.82, 2.24) is 5.32 Å². The molecular formula is C17H28N2O. The molecule has 1 amide bonds. The molecule has 0 saturated heterocycles. The molecule has 0 atom stereocenters. The summed E-state index contributed by atoms with van der Waals surface area (Å²) in [5.41, 5.74) is 8.29. The lowest BCUT2D eigenvalue weighted by Crippen LogP contribution is -2.34. The zero-order valence-corrected chi connectivity index (χ0v) is 13.3. The van der Waals surface area contributed by atoms with E-state index in [9.17, 15) is 4.79 Å². The highest BCUT2D eigenvalue weighted by Crippen LogP contribution is 2.23. The van der Waals surface area contributed by atoms with Gasteiger partial charge in [0.1, 0.15) is 0 Å². The minimum atomic E-state index is -0.0414. The first kappa shape index (κ1) is 16.5. The summed E-state index contributed by atoms with van der Waals surface area (Å²) in [6.45, 7) is 9.24. The Morgan fingerprint density at radius 1 is 1.30 bits per heavy atom. The minimum absolute atomic E-state index is 0.0414. The molecular weight excluding hydrogens is 248 g/mol. The first-order chi connectivity index (χ1) is 9.35. The normalized spacial score (nSPS) is 11.4. The van der Waals surface area contributed by atoms with Crippen molar-refractivity contribution in [3.8, 4) is 0 Å². The van der Waals surface area contributed by atoms with E-state index in [1.165, 1.54) is 19.3 Å². The van der Waals surface area contributed by atoms with Crippen LogP contribution in [0.15, 0.2) is 18.2 Å². The summed E-state index contributed by atoms with van der Waals surface area (Å²) in [6.07, 6.45) is 4.84. The van der Waals surface area contributed by atoms with Gasteiger partial charge >= 0.3 is 0 Å². The number of anilines is 1. The van der Waals surface area contributed by atoms with E-state index in [1.807, 2.05) is 19.1 Å². The van der Waals surface area contributed by atoms with E-state index in [0.29, 0.717) is 17.8 Å². The summed E-state index contributed by atoms with van der Waals surface area (Å²) < 4.78 is 0. The first-order valence-electron chi connectivity index (χ1n) is 7.50. The number of carbonyl (C=O) groups excluding carboxylic acids is 1. The lowest BCUT2D eigenvalue weighted by molar-refractivity contribution is 0.0934. The van der Waals surface area contributed by atoms with Crippen molar-refractivity contribution in [2.24, 2.45) is 5.41 Å². The molecule has 0 aliphatic heterocycles. The van der Waals surface area contributed by atoms with Crippen molar-refractivity contribution in [3.63, 3.8) is 0 Å². The van der Waals surface area contributed by atoms with Crippen LogP contribution in [-0.2, 0) is 0 Å². The average molecular weight is 276 g/mol. The number of carbonyl (C=O) groups is 1. The molecule has 1 aromatic carbocycles. The van der Waals surface area contributed by atoms with Crippen LogP contribution < -0.4 is 11.1 Å². The van der Waals surface area contributed by atoms with Gasteiger partial charge in [0.25, 0.3) is 5.91 Å². The van der Waals surface area contributed by atoms with E-state index in [0.717, 1.165) is 12.0 Å². The van der Waals surface area contributed by atoms with Gasteiger partial charge in [-0.2, -0.15) is 0 Å². The second kappa shape index (κ2) is 7.32. The van der Waals surface area contributed by atoms with Crippen molar-refractivity contribution in [1.29, 1.82) is 0 Å². The second-order valence-corrected chi connectivity index (χ2v) is 6.38. The highest BCUT2D eigenvalue weighted by atomic mass is 16.1. The van der Waals surface area contributed by atoms with Crippen molar-refractivity contribution in [3.05, 3.63) is 29.3 Å². The summed E-state index contributed by atoms with van der Waals surface area (Å²) >= 11 is 0. The van der Waals surface area contributed by atoms with Gasteiger partial charge < -0.3 is 11.1 Å². The second-order valence-electron chi connectivity index (χ2n) is 6.38. The Bertz CT molecular complexity index is 452. The predicted molar refractivity (Wildman–Crippen MR) is 85.8 cm³/mol. The third-order valence-corrected chi connectivity index (χ3v) is 3.73. The van der Waals surface area contributed by atoms with Gasteiger partial charge in [-0.1, -0.05) is 46.1 Å². The maximum Gasteiger partial charge on any atom is 0.251 e. The van der Waals surface area contributed by atoms with Crippen LogP contribution >= 0.6 is 0 Å². The van der Waals surface area contributed by atoms with Crippen molar-refractivity contribution >= 4 is 11.6 Å². The Hall–Kier alpha value is -1.51. The Labute approximate surface area is 122 Å². The van der Waals surface area contributed by atoms with Gasteiger partial charge in [0.15, 0.2) is 0 Å². The molecule has 3 N–H and O–H groups in total. The Balaban J connectivity index is 2.51. The molecule has 0 heterocycles. The molecule has 20 heavy (non-hydrogen) atoms. The molecule has 3 nitrogen and oxygen atoms in total. The van der Waals surface area contributed by atoms with Crippen LogP contribution in [0.1, 0.15) is 62.4 Å². The molecule has 0 bridgehead atoms. The van der Waals surface area contributed by atoms with Crippen LogP contribution in [0.2, 0.25) is 0 Å². The third-order valence-electron chi connectivity index (χ3n) is 3.73. The maximum atomic E-state index is 12.1. The maximum absolute atomic E-state index is 12.1. The van der Waals surface area contributed by atoms with Gasteiger partial charge in [0.05, 0.1) is 0 Å². The van der Waals surface area contributed by atoms with Crippen molar-refractivity contribution in [2.75, 3.05) is 12.3 Å². The van der Waals surface area contributed by atoms with Crippen LogP contribution in [0.5, 0.6) is 0 Å². The molecule has 0 saturated carbocycles.